The molecule has 3 nitrogen and oxygen atoms in total. The van der Waals surface area contributed by atoms with E-state index >= 15 is 0 Å². The van der Waals surface area contributed by atoms with Gasteiger partial charge in [-0.3, -0.25) is 0 Å². The van der Waals surface area contributed by atoms with Crippen LogP contribution in [0.4, 0.5) is 0 Å². The summed E-state index contributed by atoms with van der Waals surface area (Å²) in [6.45, 7) is 1.95. The SMILES string of the molecule is Cc1ccc(S(=O)(=O)c2ccc3c(c2)c2ccccc2n3-c2ccccc2)cc1. The molecule has 0 aliphatic heterocycles. The minimum absolute atomic E-state index is 0.310. The number of benzene rings is 4. The Morgan fingerprint density at radius 3 is 2.00 bits per heavy atom. The third-order valence-electron chi connectivity index (χ3n) is 5.30. The second kappa shape index (κ2) is 6.61. The molecule has 0 bridgehead atoms. The number of sulfone groups is 1. The molecule has 29 heavy (non-hydrogen) atoms. The Balaban J connectivity index is 1.79. The maximum atomic E-state index is 13.2. The molecule has 5 aromatic rings. The smallest absolute Gasteiger partial charge is 0.206 e. The van der Waals surface area contributed by atoms with Crippen molar-refractivity contribution >= 4 is 31.6 Å². The van der Waals surface area contributed by atoms with Crippen LogP contribution in [-0.4, -0.2) is 13.0 Å². The molecule has 0 fully saturated rings. The molecule has 0 radical (unpaired) electrons. The summed E-state index contributed by atoms with van der Waals surface area (Å²) in [6, 6.07) is 30.6. The van der Waals surface area contributed by atoms with Crippen molar-refractivity contribution in [3.63, 3.8) is 0 Å². The lowest BCUT2D eigenvalue weighted by Crippen LogP contribution is -2.02. The Bertz CT molecular complexity index is 1450. The molecular formula is C25H19NO2S. The van der Waals surface area contributed by atoms with E-state index in [4.69, 9.17) is 0 Å². The van der Waals surface area contributed by atoms with Crippen molar-refractivity contribution in [3.05, 3.63) is 103 Å². The highest BCUT2D eigenvalue weighted by Crippen LogP contribution is 2.34. The highest BCUT2D eigenvalue weighted by atomic mass is 32.2. The second-order valence-electron chi connectivity index (χ2n) is 7.18. The first kappa shape index (κ1) is 17.7. The quantitative estimate of drug-likeness (QED) is 0.379. The van der Waals surface area contributed by atoms with Gasteiger partial charge in [0, 0.05) is 16.5 Å². The summed E-state index contributed by atoms with van der Waals surface area (Å²) in [5, 5.41) is 1.96. The molecule has 0 N–H and O–H groups in total. The molecule has 5 rings (SSSR count). The maximum absolute atomic E-state index is 13.2. The van der Waals surface area contributed by atoms with Crippen molar-refractivity contribution in [2.45, 2.75) is 16.7 Å². The lowest BCUT2D eigenvalue weighted by Gasteiger charge is -2.08. The standard InChI is InChI=1S/C25H19NO2S/c1-18-11-13-20(14-12-18)29(27,28)21-15-16-25-23(17-21)22-9-5-6-10-24(22)26(25)19-7-3-2-4-8-19/h2-17H,1H3. The van der Waals surface area contributed by atoms with Gasteiger partial charge < -0.3 is 4.57 Å². The van der Waals surface area contributed by atoms with Crippen LogP contribution in [0.2, 0.25) is 0 Å². The minimum Gasteiger partial charge on any atom is -0.309 e. The molecule has 142 valence electrons. The number of hydrogen-bond acceptors (Lipinski definition) is 2. The molecule has 1 aromatic heterocycles. The number of rotatable bonds is 3. The van der Waals surface area contributed by atoms with Gasteiger partial charge in [0.25, 0.3) is 0 Å². The predicted octanol–water partition coefficient (Wildman–Crippen LogP) is 5.92. The van der Waals surface area contributed by atoms with Crippen LogP contribution in [0.25, 0.3) is 27.5 Å². The van der Waals surface area contributed by atoms with Gasteiger partial charge in [-0.2, -0.15) is 0 Å². The van der Waals surface area contributed by atoms with Gasteiger partial charge in [0.15, 0.2) is 0 Å². The van der Waals surface area contributed by atoms with Gasteiger partial charge in [0.2, 0.25) is 9.84 Å². The fourth-order valence-electron chi connectivity index (χ4n) is 3.83. The molecule has 0 spiro atoms. The Morgan fingerprint density at radius 1 is 0.621 bits per heavy atom. The van der Waals surface area contributed by atoms with Crippen LogP contribution in [0, 0.1) is 6.92 Å². The molecule has 0 aliphatic rings. The first-order chi connectivity index (χ1) is 14.1. The Hall–Kier alpha value is -3.37. The topological polar surface area (TPSA) is 39.1 Å². The van der Waals surface area contributed by atoms with Crippen LogP contribution in [0.5, 0.6) is 0 Å². The Morgan fingerprint density at radius 2 is 1.24 bits per heavy atom. The molecule has 0 aliphatic carbocycles. The average Bonchev–Trinajstić information content (AvgIpc) is 3.08. The van der Waals surface area contributed by atoms with Gasteiger partial charge in [-0.1, -0.05) is 54.1 Å². The van der Waals surface area contributed by atoms with Crippen LogP contribution >= 0.6 is 0 Å². The summed E-state index contributed by atoms with van der Waals surface area (Å²) in [5.41, 5.74) is 4.12. The van der Waals surface area contributed by atoms with Crippen molar-refractivity contribution in [3.8, 4) is 5.69 Å². The zero-order valence-corrected chi connectivity index (χ0v) is 16.7. The third-order valence-corrected chi connectivity index (χ3v) is 7.07. The molecule has 4 heteroatoms. The van der Waals surface area contributed by atoms with Crippen LogP contribution in [0.1, 0.15) is 5.56 Å². The molecule has 0 unspecified atom stereocenters. The molecule has 0 saturated heterocycles. The van der Waals surface area contributed by atoms with Crippen molar-refractivity contribution in [2.24, 2.45) is 0 Å². The predicted molar refractivity (Wildman–Crippen MR) is 117 cm³/mol. The average molecular weight is 397 g/mol. The van der Waals surface area contributed by atoms with Gasteiger partial charge in [-0.25, -0.2) is 8.42 Å². The normalized spacial score (nSPS) is 11.9. The highest BCUT2D eigenvalue weighted by molar-refractivity contribution is 7.91. The van der Waals surface area contributed by atoms with Gasteiger partial charge in [0.05, 0.1) is 20.8 Å². The third kappa shape index (κ3) is 2.84. The van der Waals surface area contributed by atoms with Crippen LogP contribution in [0.15, 0.2) is 107 Å². The van der Waals surface area contributed by atoms with Crippen LogP contribution in [-0.2, 0) is 9.84 Å². The zero-order valence-electron chi connectivity index (χ0n) is 15.9. The summed E-state index contributed by atoms with van der Waals surface area (Å²) < 4.78 is 28.6. The van der Waals surface area contributed by atoms with Crippen molar-refractivity contribution in [1.29, 1.82) is 0 Å². The Labute approximate surface area is 169 Å². The van der Waals surface area contributed by atoms with Crippen LogP contribution in [0.3, 0.4) is 0 Å². The van der Waals surface area contributed by atoms with Crippen LogP contribution < -0.4 is 0 Å². The Kier molecular flexibility index (Phi) is 4.03. The van der Waals surface area contributed by atoms with Gasteiger partial charge in [-0.05, 0) is 55.5 Å². The monoisotopic (exact) mass is 397 g/mol. The first-order valence-corrected chi connectivity index (χ1v) is 10.9. The maximum Gasteiger partial charge on any atom is 0.206 e. The second-order valence-corrected chi connectivity index (χ2v) is 9.13. The van der Waals surface area contributed by atoms with E-state index in [1.165, 1.54) is 0 Å². The van der Waals surface area contributed by atoms with E-state index in [0.717, 1.165) is 33.1 Å². The molecule has 0 saturated carbocycles. The number of hydrogen-bond donors (Lipinski definition) is 0. The number of nitrogens with zero attached hydrogens (tertiary/aromatic N) is 1. The fraction of sp³-hybridized carbons (Fsp3) is 0.0400. The zero-order chi connectivity index (χ0) is 20.0. The largest absolute Gasteiger partial charge is 0.309 e. The summed E-state index contributed by atoms with van der Waals surface area (Å²) in [6.07, 6.45) is 0. The summed E-state index contributed by atoms with van der Waals surface area (Å²) in [5.74, 6) is 0. The van der Waals surface area contributed by atoms with E-state index < -0.39 is 9.84 Å². The molecule has 0 amide bonds. The number of para-hydroxylation sites is 2. The van der Waals surface area contributed by atoms with E-state index in [9.17, 15) is 8.42 Å². The molecular weight excluding hydrogens is 378 g/mol. The number of aryl methyl sites for hydroxylation is 1. The molecule has 1 heterocycles. The fourth-order valence-corrected chi connectivity index (χ4v) is 5.11. The minimum atomic E-state index is -3.58. The van der Waals surface area contributed by atoms with E-state index in [-0.39, 0.29) is 0 Å². The van der Waals surface area contributed by atoms with Crippen molar-refractivity contribution < 1.29 is 8.42 Å². The highest BCUT2D eigenvalue weighted by Gasteiger charge is 2.20. The number of fused-ring (bicyclic) bond motifs is 3. The summed E-state index contributed by atoms with van der Waals surface area (Å²) in [4.78, 5) is 0.624. The summed E-state index contributed by atoms with van der Waals surface area (Å²) >= 11 is 0. The van der Waals surface area contributed by atoms with E-state index in [1.807, 2.05) is 61.5 Å². The lowest BCUT2D eigenvalue weighted by molar-refractivity contribution is 0.596. The first-order valence-electron chi connectivity index (χ1n) is 9.46. The number of aromatic nitrogens is 1. The lowest BCUT2D eigenvalue weighted by atomic mass is 10.1. The van der Waals surface area contributed by atoms with Crippen molar-refractivity contribution in [1.82, 2.24) is 4.57 Å². The van der Waals surface area contributed by atoms with Crippen molar-refractivity contribution in [2.75, 3.05) is 0 Å². The summed E-state index contributed by atoms with van der Waals surface area (Å²) in [7, 11) is -3.58. The van der Waals surface area contributed by atoms with E-state index in [0.29, 0.717) is 9.79 Å². The van der Waals surface area contributed by atoms with E-state index in [1.54, 1.807) is 24.3 Å². The van der Waals surface area contributed by atoms with Gasteiger partial charge in [0.1, 0.15) is 0 Å². The van der Waals surface area contributed by atoms with E-state index in [2.05, 4.69) is 22.8 Å². The molecule has 4 aromatic carbocycles. The van der Waals surface area contributed by atoms with Gasteiger partial charge >= 0.3 is 0 Å². The molecule has 0 atom stereocenters. The van der Waals surface area contributed by atoms with Gasteiger partial charge in [-0.15, -0.1) is 0 Å².